The summed E-state index contributed by atoms with van der Waals surface area (Å²) in [7, 11) is 0. The second-order valence-electron chi connectivity index (χ2n) is 8.56. The van der Waals surface area contributed by atoms with Crippen LogP contribution >= 0.6 is 0 Å². The highest BCUT2D eigenvalue weighted by molar-refractivity contribution is 5.88. The fourth-order valence-electron chi connectivity index (χ4n) is 3.73. The van der Waals surface area contributed by atoms with Crippen molar-refractivity contribution in [3.63, 3.8) is 0 Å². The number of carbonyl (C=O) groups excluding carboxylic acids is 2. The molecule has 0 bridgehead atoms. The van der Waals surface area contributed by atoms with E-state index in [0.717, 1.165) is 24.0 Å². The lowest BCUT2D eigenvalue weighted by molar-refractivity contribution is -0.142. The maximum absolute atomic E-state index is 14.6. The molecule has 1 atom stereocenters. The first-order valence-electron chi connectivity index (χ1n) is 12.0. The first-order valence-corrected chi connectivity index (χ1v) is 12.0. The number of hydrogen-bond acceptors (Lipinski definition) is 3. The molecule has 184 valence electrons. The lowest BCUT2D eigenvalue weighted by Gasteiger charge is -2.31. The lowest BCUT2D eigenvalue weighted by Crippen LogP contribution is -2.52. The van der Waals surface area contributed by atoms with Gasteiger partial charge < -0.3 is 15.0 Å². The molecule has 0 aliphatic heterocycles. The van der Waals surface area contributed by atoms with E-state index < -0.39 is 11.9 Å². The van der Waals surface area contributed by atoms with E-state index in [4.69, 9.17) is 4.74 Å². The number of unbranched alkanes of at least 4 members (excludes halogenated alkanes) is 1. The minimum Gasteiger partial charge on any atom is -0.484 e. The first kappa shape index (κ1) is 25.9. The van der Waals surface area contributed by atoms with Crippen molar-refractivity contribution in [3.05, 3.63) is 101 Å². The van der Waals surface area contributed by atoms with E-state index >= 15 is 0 Å². The Morgan fingerprint density at radius 1 is 0.971 bits per heavy atom. The van der Waals surface area contributed by atoms with E-state index in [2.05, 4.69) is 5.32 Å². The summed E-state index contributed by atoms with van der Waals surface area (Å²) < 4.78 is 20.3. The second-order valence-corrected chi connectivity index (χ2v) is 8.56. The third kappa shape index (κ3) is 7.95. The van der Waals surface area contributed by atoms with E-state index in [1.54, 1.807) is 30.3 Å². The van der Waals surface area contributed by atoms with Crippen molar-refractivity contribution in [2.45, 2.75) is 45.7 Å². The molecule has 0 aromatic heterocycles. The van der Waals surface area contributed by atoms with Gasteiger partial charge in [-0.05, 0) is 37.1 Å². The van der Waals surface area contributed by atoms with Crippen LogP contribution in [-0.4, -0.2) is 35.9 Å². The average molecular weight is 477 g/mol. The molecule has 2 amide bonds. The third-order valence-corrected chi connectivity index (χ3v) is 5.78. The summed E-state index contributed by atoms with van der Waals surface area (Å²) in [5.41, 5.74) is 2.33. The van der Waals surface area contributed by atoms with Crippen LogP contribution in [0.15, 0.2) is 78.9 Å². The van der Waals surface area contributed by atoms with Crippen LogP contribution in [0.25, 0.3) is 0 Å². The van der Waals surface area contributed by atoms with Crippen LogP contribution in [0, 0.1) is 12.7 Å². The summed E-state index contributed by atoms with van der Waals surface area (Å²) in [5.74, 6) is -0.515. The Balaban J connectivity index is 1.88. The standard InChI is InChI=1S/C29H33FN2O3/c1-3-4-18-31-29(34)27(19-23-10-6-5-7-11-23)32(20-24-12-8-9-13-26(24)30)28(33)21-35-25-16-14-22(2)15-17-25/h5-17,27H,3-4,18-21H2,1-2H3,(H,31,34). The third-order valence-electron chi connectivity index (χ3n) is 5.78. The molecule has 35 heavy (non-hydrogen) atoms. The van der Waals surface area contributed by atoms with Crippen molar-refractivity contribution >= 4 is 11.8 Å². The summed E-state index contributed by atoms with van der Waals surface area (Å²) in [6, 6.07) is 22.4. The maximum atomic E-state index is 14.6. The summed E-state index contributed by atoms with van der Waals surface area (Å²) in [5, 5.41) is 2.95. The van der Waals surface area contributed by atoms with Gasteiger partial charge in [0.25, 0.3) is 5.91 Å². The van der Waals surface area contributed by atoms with Gasteiger partial charge >= 0.3 is 0 Å². The van der Waals surface area contributed by atoms with Crippen molar-refractivity contribution in [1.29, 1.82) is 0 Å². The second kappa shape index (κ2) is 13.3. The van der Waals surface area contributed by atoms with Crippen LogP contribution < -0.4 is 10.1 Å². The molecular weight excluding hydrogens is 443 g/mol. The normalized spacial score (nSPS) is 11.5. The molecule has 0 aliphatic rings. The number of benzene rings is 3. The van der Waals surface area contributed by atoms with Gasteiger partial charge in [0.05, 0.1) is 0 Å². The number of rotatable bonds is 12. The van der Waals surface area contributed by atoms with Gasteiger partial charge in [0, 0.05) is 25.1 Å². The summed E-state index contributed by atoms with van der Waals surface area (Å²) >= 11 is 0. The fourth-order valence-corrected chi connectivity index (χ4v) is 3.73. The molecule has 3 aromatic rings. The van der Waals surface area contributed by atoms with Crippen molar-refractivity contribution in [3.8, 4) is 5.75 Å². The molecule has 6 heteroatoms. The van der Waals surface area contributed by atoms with E-state index in [1.807, 2.05) is 56.3 Å². The number of aryl methyl sites for hydroxylation is 1. The minimum atomic E-state index is -0.817. The molecule has 0 saturated heterocycles. The molecule has 0 saturated carbocycles. The number of nitrogens with one attached hydrogen (secondary N) is 1. The van der Waals surface area contributed by atoms with E-state index in [0.29, 0.717) is 24.3 Å². The molecular formula is C29H33FN2O3. The lowest BCUT2D eigenvalue weighted by atomic mass is 10.0. The molecule has 1 N–H and O–H groups in total. The largest absolute Gasteiger partial charge is 0.484 e. The van der Waals surface area contributed by atoms with Crippen LogP contribution in [0.3, 0.4) is 0 Å². The van der Waals surface area contributed by atoms with Gasteiger partial charge in [-0.1, -0.05) is 79.6 Å². The van der Waals surface area contributed by atoms with Crippen molar-refractivity contribution < 1.29 is 18.7 Å². The Hall–Kier alpha value is -3.67. The first-order chi connectivity index (χ1) is 17.0. The van der Waals surface area contributed by atoms with E-state index in [-0.39, 0.29) is 25.0 Å². The highest BCUT2D eigenvalue weighted by atomic mass is 19.1. The Morgan fingerprint density at radius 2 is 1.66 bits per heavy atom. The molecule has 3 rings (SSSR count). The molecule has 0 radical (unpaired) electrons. The molecule has 0 aliphatic carbocycles. The zero-order valence-electron chi connectivity index (χ0n) is 20.4. The Labute approximate surface area is 206 Å². The molecule has 0 fully saturated rings. The monoisotopic (exact) mass is 476 g/mol. The SMILES string of the molecule is CCCCNC(=O)C(Cc1ccccc1)N(Cc1ccccc1F)C(=O)COc1ccc(C)cc1. The van der Waals surface area contributed by atoms with Crippen molar-refractivity contribution in [1.82, 2.24) is 10.2 Å². The molecule has 0 spiro atoms. The summed E-state index contributed by atoms with van der Waals surface area (Å²) in [6.45, 7) is 4.23. The number of halogens is 1. The van der Waals surface area contributed by atoms with Crippen molar-refractivity contribution in [2.24, 2.45) is 0 Å². The highest BCUT2D eigenvalue weighted by Gasteiger charge is 2.31. The van der Waals surface area contributed by atoms with Crippen LogP contribution in [0.2, 0.25) is 0 Å². The molecule has 5 nitrogen and oxygen atoms in total. The van der Waals surface area contributed by atoms with Gasteiger partial charge in [0.2, 0.25) is 5.91 Å². The number of ether oxygens (including phenoxy) is 1. The maximum Gasteiger partial charge on any atom is 0.261 e. The van der Waals surface area contributed by atoms with Crippen LogP contribution in [0.5, 0.6) is 5.75 Å². The van der Waals surface area contributed by atoms with Gasteiger partial charge in [-0.3, -0.25) is 9.59 Å². The van der Waals surface area contributed by atoms with Gasteiger partial charge in [-0.2, -0.15) is 0 Å². The molecule has 0 heterocycles. The average Bonchev–Trinajstić information content (AvgIpc) is 2.87. The van der Waals surface area contributed by atoms with Crippen LogP contribution in [0.1, 0.15) is 36.5 Å². The smallest absolute Gasteiger partial charge is 0.261 e. The van der Waals surface area contributed by atoms with E-state index in [9.17, 15) is 14.0 Å². The van der Waals surface area contributed by atoms with Gasteiger partial charge in [-0.25, -0.2) is 4.39 Å². The van der Waals surface area contributed by atoms with Crippen LogP contribution in [0.4, 0.5) is 4.39 Å². The predicted octanol–water partition coefficient (Wildman–Crippen LogP) is 5.07. The Bertz CT molecular complexity index is 1090. The summed E-state index contributed by atoms with van der Waals surface area (Å²) in [6.07, 6.45) is 2.08. The predicted molar refractivity (Wildman–Crippen MR) is 135 cm³/mol. The van der Waals surface area contributed by atoms with E-state index in [1.165, 1.54) is 11.0 Å². The topological polar surface area (TPSA) is 58.6 Å². The fraction of sp³-hybridized carbons (Fsp3) is 0.310. The van der Waals surface area contributed by atoms with Crippen molar-refractivity contribution in [2.75, 3.05) is 13.2 Å². The number of nitrogens with zero attached hydrogens (tertiary/aromatic N) is 1. The zero-order chi connectivity index (χ0) is 25.0. The Morgan fingerprint density at radius 3 is 2.34 bits per heavy atom. The minimum absolute atomic E-state index is 0.0402. The van der Waals surface area contributed by atoms with Gasteiger partial charge in [0.1, 0.15) is 17.6 Å². The molecule has 3 aromatic carbocycles. The molecule has 1 unspecified atom stereocenters. The summed E-state index contributed by atoms with van der Waals surface area (Å²) in [4.78, 5) is 28.2. The van der Waals surface area contributed by atoms with Gasteiger partial charge in [0.15, 0.2) is 6.61 Å². The zero-order valence-corrected chi connectivity index (χ0v) is 20.4. The van der Waals surface area contributed by atoms with Gasteiger partial charge in [-0.15, -0.1) is 0 Å². The number of amides is 2. The quantitative estimate of drug-likeness (QED) is 0.372. The Kier molecular flexibility index (Phi) is 9.84. The number of hydrogen-bond donors (Lipinski definition) is 1. The number of carbonyl (C=O) groups is 2. The highest BCUT2D eigenvalue weighted by Crippen LogP contribution is 2.18. The van der Waals surface area contributed by atoms with Crippen LogP contribution in [-0.2, 0) is 22.6 Å².